The topological polar surface area (TPSA) is 194 Å². The van der Waals surface area contributed by atoms with Crippen LogP contribution in [0.25, 0.3) is 11.1 Å². The van der Waals surface area contributed by atoms with Gasteiger partial charge in [-0.05, 0) is 48.6 Å². The summed E-state index contributed by atoms with van der Waals surface area (Å²) < 4.78 is 35.1. The number of nitrogens with one attached hydrogen (secondary N) is 2. The average molecular weight is 686 g/mol. The minimum absolute atomic E-state index is 0.0812. The molecule has 0 aliphatic carbocycles. The van der Waals surface area contributed by atoms with E-state index < -0.39 is 40.0 Å². The average Bonchev–Trinajstić information content (AvgIpc) is 3.71. The van der Waals surface area contributed by atoms with Gasteiger partial charge in [0.2, 0.25) is 0 Å². The van der Waals surface area contributed by atoms with Crippen molar-refractivity contribution in [2.75, 3.05) is 0 Å². The van der Waals surface area contributed by atoms with Gasteiger partial charge in [-0.2, -0.15) is 5.10 Å². The first kappa shape index (κ1) is 34.7. The standard InChI is InChI=1S/C35H35N5O8S/c1-3-9-26-20-29(33(42)36-28(32(41)35(44)45)19-23-10-5-4-6-11-23)37-40(26)21-24-14-16-25(17-15-24)27-12-7-8-13-31(27)49(46,47)39-34(43)30-18-22(2)48-38-30/h4-8,10-18,20,28,32,41H,3,9,19,21H2,1-2H3,(H,36,42)(H,39,43)(H,44,45)/t28-,32-/m1/s1. The van der Waals surface area contributed by atoms with E-state index in [1.54, 1.807) is 72.3 Å². The Labute approximate surface area is 282 Å². The number of aromatic nitrogens is 3. The second-order valence-corrected chi connectivity index (χ2v) is 13.1. The predicted molar refractivity (Wildman–Crippen MR) is 178 cm³/mol. The molecule has 13 nitrogen and oxygen atoms in total. The zero-order chi connectivity index (χ0) is 35.1. The van der Waals surface area contributed by atoms with E-state index in [2.05, 4.69) is 15.6 Å². The summed E-state index contributed by atoms with van der Waals surface area (Å²) in [7, 11) is -4.27. The summed E-state index contributed by atoms with van der Waals surface area (Å²) in [5.41, 5.74) is 3.24. The van der Waals surface area contributed by atoms with Gasteiger partial charge in [0.1, 0.15) is 11.5 Å². The molecule has 2 atom stereocenters. The van der Waals surface area contributed by atoms with Crippen molar-refractivity contribution >= 4 is 27.8 Å². The molecule has 2 aromatic heterocycles. The maximum absolute atomic E-state index is 13.3. The number of nitrogens with zero attached hydrogens (tertiary/aromatic N) is 3. The smallest absolute Gasteiger partial charge is 0.334 e. The van der Waals surface area contributed by atoms with Crippen LogP contribution in [0.5, 0.6) is 0 Å². The largest absolute Gasteiger partial charge is 0.479 e. The van der Waals surface area contributed by atoms with E-state index in [0.717, 1.165) is 23.2 Å². The van der Waals surface area contributed by atoms with Gasteiger partial charge in [-0.15, -0.1) is 0 Å². The van der Waals surface area contributed by atoms with Crippen LogP contribution in [-0.2, 0) is 34.2 Å². The van der Waals surface area contributed by atoms with Crippen molar-refractivity contribution in [1.29, 1.82) is 0 Å². The van der Waals surface area contributed by atoms with E-state index in [9.17, 15) is 33.0 Å². The second-order valence-electron chi connectivity index (χ2n) is 11.4. The third-order valence-corrected chi connectivity index (χ3v) is 9.10. The summed E-state index contributed by atoms with van der Waals surface area (Å²) in [5, 5.41) is 30.5. The van der Waals surface area contributed by atoms with Gasteiger partial charge in [-0.3, -0.25) is 14.3 Å². The van der Waals surface area contributed by atoms with Gasteiger partial charge >= 0.3 is 5.97 Å². The number of carbonyl (C=O) groups excluding carboxylic acids is 2. The second kappa shape index (κ2) is 15.1. The lowest BCUT2D eigenvalue weighted by atomic mass is 10.0. The SMILES string of the molecule is CCCc1cc(C(=O)N[C@H](Cc2ccccc2)[C@@H](O)C(=O)O)nn1Cc1ccc(-c2ccccc2S(=O)(=O)NC(=O)c2cc(C)on2)cc1. The number of carboxylic acids is 1. The highest BCUT2D eigenvalue weighted by atomic mass is 32.2. The molecule has 3 aromatic carbocycles. The molecule has 0 spiro atoms. The summed E-state index contributed by atoms with van der Waals surface area (Å²) in [6.45, 7) is 3.87. The van der Waals surface area contributed by atoms with Gasteiger partial charge < -0.3 is 20.1 Å². The lowest BCUT2D eigenvalue weighted by Gasteiger charge is -2.21. The molecule has 5 aromatic rings. The molecular formula is C35H35N5O8S. The number of aryl methyl sites for hydroxylation is 2. The molecule has 4 N–H and O–H groups in total. The normalized spacial score (nSPS) is 12.6. The Morgan fingerprint density at radius 1 is 0.898 bits per heavy atom. The number of sulfonamides is 1. The van der Waals surface area contributed by atoms with E-state index in [0.29, 0.717) is 29.9 Å². The molecule has 0 unspecified atom stereocenters. The fourth-order valence-electron chi connectivity index (χ4n) is 5.29. The zero-order valence-corrected chi connectivity index (χ0v) is 27.6. The minimum atomic E-state index is -4.27. The van der Waals surface area contributed by atoms with Crippen molar-refractivity contribution < 1.29 is 37.5 Å². The van der Waals surface area contributed by atoms with Crippen molar-refractivity contribution in [3.63, 3.8) is 0 Å². The van der Waals surface area contributed by atoms with E-state index in [-0.39, 0.29) is 22.7 Å². The van der Waals surface area contributed by atoms with Crippen LogP contribution in [0.4, 0.5) is 0 Å². The van der Waals surface area contributed by atoms with Crippen molar-refractivity contribution in [2.45, 2.75) is 56.7 Å². The van der Waals surface area contributed by atoms with Crippen molar-refractivity contribution in [3.8, 4) is 11.1 Å². The Balaban J connectivity index is 1.34. The van der Waals surface area contributed by atoms with Crippen LogP contribution < -0.4 is 10.0 Å². The van der Waals surface area contributed by atoms with Crippen LogP contribution in [0, 0.1) is 6.92 Å². The summed E-state index contributed by atoms with van der Waals surface area (Å²) in [6, 6.07) is 24.3. The predicted octanol–water partition coefficient (Wildman–Crippen LogP) is 3.75. The maximum atomic E-state index is 13.3. The molecule has 0 aliphatic rings. The van der Waals surface area contributed by atoms with E-state index in [1.807, 2.05) is 29.8 Å². The molecule has 49 heavy (non-hydrogen) atoms. The number of hydrogen-bond donors (Lipinski definition) is 4. The van der Waals surface area contributed by atoms with Crippen LogP contribution in [0.2, 0.25) is 0 Å². The van der Waals surface area contributed by atoms with Gasteiger partial charge in [0.05, 0.1) is 17.5 Å². The number of aliphatic hydroxyl groups is 1. The fourth-order valence-corrected chi connectivity index (χ4v) is 6.48. The van der Waals surface area contributed by atoms with Crippen LogP contribution in [0.3, 0.4) is 0 Å². The minimum Gasteiger partial charge on any atom is -0.479 e. The molecule has 0 fully saturated rings. The Bertz CT molecular complexity index is 2060. The monoisotopic (exact) mass is 685 g/mol. The Kier molecular flexibility index (Phi) is 10.7. The van der Waals surface area contributed by atoms with Crippen molar-refractivity contribution in [3.05, 3.63) is 125 Å². The van der Waals surface area contributed by atoms with Gasteiger partial charge in [-0.25, -0.2) is 17.9 Å². The number of aliphatic hydroxyl groups excluding tert-OH is 1. The van der Waals surface area contributed by atoms with Gasteiger partial charge in [0.15, 0.2) is 11.8 Å². The lowest BCUT2D eigenvalue weighted by Crippen LogP contribution is -2.48. The first-order valence-corrected chi connectivity index (χ1v) is 16.9. The Morgan fingerprint density at radius 3 is 2.24 bits per heavy atom. The van der Waals surface area contributed by atoms with Crippen LogP contribution in [0.15, 0.2) is 100 Å². The van der Waals surface area contributed by atoms with Gasteiger partial charge in [0.25, 0.3) is 21.8 Å². The van der Waals surface area contributed by atoms with E-state index >= 15 is 0 Å². The highest BCUT2D eigenvalue weighted by Gasteiger charge is 2.29. The quantitative estimate of drug-likeness (QED) is 0.134. The number of carbonyl (C=O) groups is 3. The molecule has 0 saturated heterocycles. The Morgan fingerprint density at radius 2 is 1.59 bits per heavy atom. The number of hydrogen-bond acceptors (Lipinski definition) is 9. The first-order valence-electron chi connectivity index (χ1n) is 15.5. The molecule has 5 rings (SSSR count). The third-order valence-electron chi connectivity index (χ3n) is 7.71. The molecule has 0 bridgehead atoms. The van der Waals surface area contributed by atoms with Gasteiger partial charge in [-0.1, -0.05) is 91.3 Å². The number of carboxylic acid groups (broad SMARTS) is 1. The number of rotatable bonds is 14. The lowest BCUT2D eigenvalue weighted by molar-refractivity contribution is -0.148. The zero-order valence-electron chi connectivity index (χ0n) is 26.7. The number of benzene rings is 3. The van der Waals surface area contributed by atoms with Crippen LogP contribution >= 0.6 is 0 Å². The Hall–Kier alpha value is -5.60. The molecule has 0 saturated carbocycles. The number of aliphatic carboxylic acids is 1. The first-order chi connectivity index (χ1) is 23.4. The molecule has 2 heterocycles. The highest BCUT2D eigenvalue weighted by molar-refractivity contribution is 7.90. The van der Waals surface area contributed by atoms with Crippen LogP contribution in [-0.4, -0.2) is 63.5 Å². The molecule has 14 heteroatoms. The summed E-state index contributed by atoms with van der Waals surface area (Å²) in [5.74, 6) is -2.62. The highest BCUT2D eigenvalue weighted by Crippen LogP contribution is 2.28. The summed E-state index contributed by atoms with van der Waals surface area (Å²) >= 11 is 0. The molecule has 0 radical (unpaired) electrons. The molecule has 2 amide bonds. The van der Waals surface area contributed by atoms with Crippen molar-refractivity contribution in [2.24, 2.45) is 0 Å². The molecule has 254 valence electrons. The van der Waals surface area contributed by atoms with Crippen LogP contribution in [0.1, 0.15) is 56.9 Å². The fraction of sp³-hybridized carbons (Fsp3) is 0.229. The third kappa shape index (κ3) is 8.47. The van der Waals surface area contributed by atoms with Gasteiger partial charge in [0, 0.05) is 17.3 Å². The molecule has 0 aliphatic heterocycles. The van der Waals surface area contributed by atoms with Crippen molar-refractivity contribution in [1.82, 2.24) is 25.0 Å². The number of amides is 2. The summed E-state index contributed by atoms with van der Waals surface area (Å²) in [6.07, 6.45) is -0.325. The maximum Gasteiger partial charge on any atom is 0.334 e. The van der Waals surface area contributed by atoms with E-state index in [1.165, 1.54) is 12.1 Å². The van der Waals surface area contributed by atoms with E-state index in [4.69, 9.17) is 4.52 Å². The molecular weight excluding hydrogens is 650 g/mol. The summed E-state index contributed by atoms with van der Waals surface area (Å²) in [4.78, 5) is 37.3.